The number of hydrogen-bond acceptors (Lipinski definition) is 7. The first-order chi connectivity index (χ1) is 30.6. The summed E-state index contributed by atoms with van der Waals surface area (Å²) in [6.45, 7) is 0. The maximum Gasteiger partial charge on any atom is 0.164 e. The zero-order chi connectivity index (χ0) is 41.7. The highest BCUT2D eigenvalue weighted by molar-refractivity contribution is 5.83. The van der Waals surface area contributed by atoms with Gasteiger partial charge < -0.3 is 0 Å². The highest BCUT2D eigenvalue weighted by atomic mass is 15.0. The van der Waals surface area contributed by atoms with Crippen molar-refractivity contribution in [3.63, 3.8) is 0 Å². The van der Waals surface area contributed by atoms with E-state index in [2.05, 4.69) is 72.8 Å². The Morgan fingerprint density at radius 2 is 0.484 bits per heavy atom. The molecule has 8 aromatic carbocycles. The van der Waals surface area contributed by atoms with Crippen molar-refractivity contribution < 1.29 is 0 Å². The summed E-state index contributed by atoms with van der Waals surface area (Å²) in [5.74, 6) is 3.65. The Bertz CT molecular complexity index is 2900. The van der Waals surface area contributed by atoms with Gasteiger partial charge in [-0.15, -0.1) is 0 Å². The summed E-state index contributed by atoms with van der Waals surface area (Å²) >= 11 is 0. The summed E-state index contributed by atoms with van der Waals surface area (Å²) in [6, 6.07) is 73.2. The molecule has 0 aliphatic rings. The average Bonchev–Trinajstić information content (AvgIpc) is 3.37. The van der Waals surface area contributed by atoms with Gasteiger partial charge in [-0.3, -0.25) is 0 Å². The van der Waals surface area contributed by atoms with E-state index in [4.69, 9.17) is 29.9 Å². The maximum absolute atomic E-state index is 9.76. The molecule has 0 spiro atoms. The van der Waals surface area contributed by atoms with Crippen molar-refractivity contribution in [2.24, 2.45) is 0 Å². The van der Waals surface area contributed by atoms with Gasteiger partial charge in [0.15, 0.2) is 34.9 Å². The molecule has 0 atom stereocenters. The molecule has 10 rings (SSSR count). The van der Waals surface area contributed by atoms with Gasteiger partial charge in [-0.2, -0.15) is 5.26 Å². The number of hydrogen-bond donors (Lipinski definition) is 0. The van der Waals surface area contributed by atoms with Crippen molar-refractivity contribution in [3.05, 3.63) is 218 Å². The van der Waals surface area contributed by atoms with Crippen LogP contribution in [0.2, 0.25) is 0 Å². The second-order valence-corrected chi connectivity index (χ2v) is 14.7. The molecule has 0 saturated heterocycles. The van der Waals surface area contributed by atoms with Crippen LogP contribution >= 0.6 is 0 Å². The molecular weight excluding hydrogens is 759 g/mol. The second-order valence-electron chi connectivity index (χ2n) is 14.7. The van der Waals surface area contributed by atoms with Gasteiger partial charge in [0, 0.05) is 33.4 Å². The summed E-state index contributed by atoms with van der Waals surface area (Å²) < 4.78 is 0. The lowest BCUT2D eigenvalue weighted by atomic mass is 9.92. The van der Waals surface area contributed by atoms with E-state index < -0.39 is 0 Å². The van der Waals surface area contributed by atoms with Crippen LogP contribution in [-0.4, -0.2) is 29.9 Å². The van der Waals surface area contributed by atoms with Crippen molar-refractivity contribution >= 4 is 0 Å². The molecule has 7 nitrogen and oxygen atoms in total. The smallest absolute Gasteiger partial charge is 0.164 e. The lowest BCUT2D eigenvalue weighted by Crippen LogP contribution is -2.00. The van der Waals surface area contributed by atoms with Gasteiger partial charge in [0.2, 0.25) is 0 Å². The van der Waals surface area contributed by atoms with E-state index in [1.54, 1.807) is 0 Å². The van der Waals surface area contributed by atoms with Gasteiger partial charge in [-0.05, 0) is 63.7 Å². The zero-order valence-electron chi connectivity index (χ0n) is 33.3. The van der Waals surface area contributed by atoms with Crippen LogP contribution in [0.5, 0.6) is 0 Å². The fraction of sp³-hybridized carbons (Fsp3) is 0. The molecule has 0 amide bonds. The molecule has 10 aromatic rings. The molecule has 0 fully saturated rings. The molecule has 2 heterocycles. The van der Waals surface area contributed by atoms with Crippen LogP contribution in [0, 0.1) is 11.3 Å². The lowest BCUT2D eigenvalue weighted by molar-refractivity contribution is 1.07. The maximum atomic E-state index is 9.76. The summed E-state index contributed by atoms with van der Waals surface area (Å²) in [4.78, 5) is 29.4. The Labute approximate surface area is 359 Å². The summed E-state index contributed by atoms with van der Waals surface area (Å²) in [5, 5.41) is 9.76. The van der Waals surface area contributed by atoms with Crippen LogP contribution in [-0.2, 0) is 0 Å². The molecule has 0 bridgehead atoms. The largest absolute Gasteiger partial charge is 0.208 e. The standard InChI is InChI=1S/C55H35N7/c56-36-37-14-13-23-46(32-37)49-34-47(38-24-28-44(29-25-38)54-59-50(40-15-5-1-6-16-40)57-51(60-54)41-17-7-2-8-18-41)33-48(35-49)39-26-30-45(31-27-39)55-61-52(42-19-9-3-10-20-42)58-53(62-55)43-21-11-4-12-22-43/h1-35H. The number of aromatic nitrogens is 6. The van der Waals surface area contributed by atoms with Crippen molar-refractivity contribution in [1.29, 1.82) is 5.26 Å². The topological polar surface area (TPSA) is 101 Å². The van der Waals surface area contributed by atoms with Crippen LogP contribution in [0.1, 0.15) is 5.56 Å². The average molecular weight is 794 g/mol. The van der Waals surface area contributed by atoms with E-state index in [9.17, 15) is 5.26 Å². The summed E-state index contributed by atoms with van der Waals surface area (Å²) in [7, 11) is 0. The molecule has 0 unspecified atom stereocenters. The van der Waals surface area contributed by atoms with E-state index in [1.165, 1.54) is 0 Å². The molecule has 7 heteroatoms. The monoisotopic (exact) mass is 793 g/mol. The third-order valence-electron chi connectivity index (χ3n) is 10.6. The fourth-order valence-corrected chi connectivity index (χ4v) is 7.39. The minimum absolute atomic E-state index is 0.594. The normalized spacial score (nSPS) is 10.9. The Balaban J connectivity index is 1.03. The molecule has 0 aliphatic heterocycles. The molecule has 0 saturated carbocycles. The van der Waals surface area contributed by atoms with E-state index >= 15 is 0 Å². The Morgan fingerprint density at radius 1 is 0.226 bits per heavy atom. The van der Waals surface area contributed by atoms with Gasteiger partial charge in [-0.1, -0.05) is 182 Å². The Morgan fingerprint density at radius 3 is 0.790 bits per heavy atom. The number of nitriles is 1. The number of nitrogens with zero attached hydrogens (tertiary/aromatic N) is 7. The highest BCUT2D eigenvalue weighted by Gasteiger charge is 2.15. The van der Waals surface area contributed by atoms with E-state index in [-0.39, 0.29) is 0 Å². The summed E-state index contributed by atoms with van der Waals surface area (Å²) in [6.07, 6.45) is 0. The summed E-state index contributed by atoms with van der Waals surface area (Å²) in [5.41, 5.74) is 12.1. The quantitative estimate of drug-likeness (QED) is 0.143. The Hall–Kier alpha value is -8.73. The third-order valence-corrected chi connectivity index (χ3v) is 10.6. The van der Waals surface area contributed by atoms with Crippen LogP contribution < -0.4 is 0 Å². The van der Waals surface area contributed by atoms with Gasteiger partial charge >= 0.3 is 0 Å². The van der Waals surface area contributed by atoms with Gasteiger partial charge in [0.25, 0.3) is 0 Å². The van der Waals surface area contributed by atoms with E-state index in [0.29, 0.717) is 40.5 Å². The van der Waals surface area contributed by atoms with Gasteiger partial charge in [-0.25, -0.2) is 29.9 Å². The predicted molar refractivity (Wildman–Crippen MR) is 247 cm³/mol. The number of benzene rings is 8. The molecule has 0 aliphatic carbocycles. The molecule has 2 aromatic heterocycles. The van der Waals surface area contributed by atoms with Crippen LogP contribution in [0.4, 0.5) is 0 Å². The fourth-order valence-electron chi connectivity index (χ4n) is 7.39. The first-order valence-electron chi connectivity index (χ1n) is 20.2. The van der Waals surface area contributed by atoms with Gasteiger partial charge in [0.1, 0.15) is 0 Å². The van der Waals surface area contributed by atoms with E-state index in [0.717, 1.165) is 66.8 Å². The molecule has 290 valence electrons. The number of rotatable bonds is 9. The Kier molecular flexibility index (Phi) is 10.2. The molecule has 62 heavy (non-hydrogen) atoms. The van der Waals surface area contributed by atoms with Crippen molar-refractivity contribution in [3.8, 4) is 108 Å². The zero-order valence-corrected chi connectivity index (χ0v) is 33.3. The minimum atomic E-state index is 0.594. The first kappa shape index (κ1) is 37.5. The lowest BCUT2D eigenvalue weighted by Gasteiger charge is -2.13. The SMILES string of the molecule is N#Cc1cccc(-c2cc(-c3ccc(-c4nc(-c5ccccc5)nc(-c5ccccc5)n4)cc3)cc(-c3ccc(-c4nc(-c5ccccc5)nc(-c5ccccc5)n4)cc3)c2)c1. The highest BCUT2D eigenvalue weighted by Crippen LogP contribution is 2.35. The third kappa shape index (κ3) is 8.00. The molecule has 0 radical (unpaired) electrons. The minimum Gasteiger partial charge on any atom is -0.208 e. The van der Waals surface area contributed by atoms with Crippen LogP contribution in [0.25, 0.3) is 102 Å². The second kappa shape index (κ2) is 16.9. The predicted octanol–water partition coefficient (Wildman–Crippen LogP) is 12.9. The molecular formula is C55H35N7. The van der Waals surface area contributed by atoms with Crippen molar-refractivity contribution in [1.82, 2.24) is 29.9 Å². The van der Waals surface area contributed by atoms with Gasteiger partial charge in [0.05, 0.1) is 11.6 Å². The van der Waals surface area contributed by atoms with Crippen LogP contribution in [0.3, 0.4) is 0 Å². The van der Waals surface area contributed by atoms with Crippen molar-refractivity contribution in [2.75, 3.05) is 0 Å². The van der Waals surface area contributed by atoms with Crippen LogP contribution in [0.15, 0.2) is 212 Å². The first-order valence-corrected chi connectivity index (χ1v) is 20.2. The van der Waals surface area contributed by atoms with E-state index in [1.807, 2.05) is 146 Å². The molecule has 0 N–H and O–H groups in total. The van der Waals surface area contributed by atoms with Crippen molar-refractivity contribution in [2.45, 2.75) is 0 Å².